The number of allylic oxidation sites excluding steroid dienone is 1. The number of aliphatic carboxylic acids is 1. The lowest BCUT2D eigenvalue weighted by atomic mass is 10.00. The van der Waals surface area contributed by atoms with E-state index < -0.39 is 12.6 Å². The monoisotopic (exact) mass is 451 g/mol. The van der Waals surface area contributed by atoms with Crippen LogP contribution in [-0.2, 0) is 4.79 Å². The van der Waals surface area contributed by atoms with Gasteiger partial charge in [0.2, 0.25) is 0 Å². The Bertz CT molecular complexity index is 1130. The Morgan fingerprint density at radius 1 is 1.10 bits per heavy atom. The molecule has 0 amide bonds. The van der Waals surface area contributed by atoms with Crippen molar-refractivity contribution in [2.24, 2.45) is 0 Å². The number of carbonyl (C=O) groups is 1. The van der Waals surface area contributed by atoms with E-state index in [0.717, 1.165) is 21.9 Å². The molecule has 3 aromatic rings. The lowest BCUT2D eigenvalue weighted by Gasteiger charge is -2.13. The highest BCUT2D eigenvalue weighted by Gasteiger charge is 2.13. The van der Waals surface area contributed by atoms with Crippen molar-refractivity contribution in [3.05, 3.63) is 70.2 Å². The van der Waals surface area contributed by atoms with Gasteiger partial charge in [0.15, 0.2) is 18.1 Å². The molecule has 6 heteroatoms. The van der Waals surface area contributed by atoms with Crippen molar-refractivity contribution in [3.63, 3.8) is 0 Å². The second-order valence-corrected chi connectivity index (χ2v) is 7.02. The minimum Gasteiger partial charge on any atom is -0.490 e. The van der Waals surface area contributed by atoms with E-state index in [0.29, 0.717) is 28.2 Å². The summed E-state index contributed by atoms with van der Waals surface area (Å²) in [5.74, 6) is -0.336. The molecule has 3 rings (SSSR count). The van der Waals surface area contributed by atoms with Crippen LogP contribution >= 0.6 is 15.9 Å². The number of carboxylic acid groups (broad SMARTS) is 1. The van der Waals surface area contributed by atoms with E-state index in [1.807, 2.05) is 49.4 Å². The molecule has 3 aromatic carbocycles. The highest BCUT2D eigenvalue weighted by atomic mass is 79.9. The summed E-state index contributed by atoms with van der Waals surface area (Å²) in [5.41, 5.74) is 2.03. The number of halogens is 1. The summed E-state index contributed by atoms with van der Waals surface area (Å²) >= 11 is 3.47. The number of hydrogen-bond acceptors (Lipinski definition) is 4. The molecule has 0 aliphatic carbocycles. The zero-order valence-electron chi connectivity index (χ0n) is 15.7. The van der Waals surface area contributed by atoms with Gasteiger partial charge in [0.25, 0.3) is 0 Å². The molecule has 0 aliphatic rings. The minimum atomic E-state index is -1.07. The van der Waals surface area contributed by atoms with Crippen molar-refractivity contribution in [2.75, 3.05) is 13.2 Å². The third-order valence-electron chi connectivity index (χ3n) is 4.19. The maximum Gasteiger partial charge on any atom is 0.341 e. The Balaban J connectivity index is 2.02. The largest absolute Gasteiger partial charge is 0.490 e. The predicted molar refractivity (Wildman–Crippen MR) is 116 cm³/mol. The van der Waals surface area contributed by atoms with Gasteiger partial charge in [-0.3, -0.25) is 0 Å². The highest BCUT2D eigenvalue weighted by Crippen LogP contribution is 2.36. The van der Waals surface area contributed by atoms with E-state index in [4.69, 9.17) is 14.6 Å². The Labute approximate surface area is 176 Å². The second kappa shape index (κ2) is 9.26. The minimum absolute atomic E-state index is 0.322. The molecule has 0 fully saturated rings. The lowest BCUT2D eigenvalue weighted by molar-refractivity contribution is -0.139. The van der Waals surface area contributed by atoms with Crippen LogP contribution in [0.1, 0.15) is 18.1 Å². The van der Waals surface area contributed by atoms with Crippen LogP contribution in [0.5, 0.6) is 11.5 Å². The van der Waals surface area contributed by atoms with Crippen molar-refractivity contribution >= 4 is 44.3 Å². The smallest absolute Gasteiger partial charge is 0.341 e. The van der Waals surface area contributed by atoms with E-state index >= 15 is 0 Å². The zero-order chi connectivity index (χ0) is 20.8. The molecule has 0 atom stereocenters. The number of fused-ring (bicyclic) bond motifs is 1. The molecule has 5 nitrogen and oxygen atoms in total. The fourth-order valence-corrected chi connectivity index (χ4v) is 3.31. The normalized spacial score (nSPS) is 11.1. The third-order valence-corrected chi connectivity index (χ3v) is 4.88. The van der Waals surface area contributed by atoms with Crippen LogP contribution in [-0.4, -0.2) is 24.3 Å². The molecule has 0 aliphatic heterocycles. The van der Waals surface area contributed by atoms with Gasteiger partial charge in [0, 0.05) is 4.47 Å². The molecular weight excluding hydrogens is 434 g/mol. The summed E-state index contributed by atoms with van der Waals surface area (Å²) in [6.45, 7) is 1.75. The number of ether oxygens (including phenoxy) is 2. The van der Waals surface area contributed by atoms with E-state index in [9.17, 15) is 10.1 Å². The molecule has 1 N–H and O–H groups in total. The molecule has 0 radical (unpaired) electrons. The molecule has 146 valence electrons. The number of benzene rings is 3. The Morgan fingerprint density at radius 3 is 2.52 bits per heavy atom. The van der Waals surface area contributed by atoms with Gasteiger partial charge in [-0.15, -0.1) is 0 Å². The first-order valence-corrected chi connectivity index (χ1v) is 9.73. The van der Waals surface area contributed by atoms with Gasteiger partial charge in [-0.05, 0) is 53.1 Å². The number of nitrogens with zero attached hydrogens (tertiary/aromatic N) is 1. The van der Waals surface area contributed by atoms with E-state index in [1.54, 1.807) is 18.2 Å². The van der Waals surface area contributed by atoms with Crippen LogP contribution in [0.25, 0.3) is 22.4 Å². The van der Waals surface area contributed by atoms with Crippen LogP contribution in [0.3, 0.4) is 0 Å². The molecule has 29 heavy (non-hydrogen) atoms. The van der Waals surface area contributed by atoms with Crippen LogP contribution in [0.2, 0.25) is 0 Å². The van der Waals surface area contributed by atoms with E-state index in [1.165, 1.54) is 0 Å². The van der Waals surface area contributed by atoms with Crippen LogP contribution in [0, 0.1) is 11.3 Å². The van der Waals surface area contributed by atoms with Crippen molar-refractivity contribution < 1.29 is 19.4 Å². The SMILES string of the molecule is CCOc1cc(/C=C(/C#N)c2ccc3ccccc3c2)c(Br)cc1OCC(=O)O. The molecule has 0 spiro atoms. The summed E-state index contributed by atoms with van der Waals surface area (Å²) in [6, 6.07) is 19.5. The summed E-state index contributed by atoms with van der Waals surface area (Å²) in [5, 5.41) is 20.7. The third kappa shape index (κ3) is 4.95. The maximum atomic E-state index is 10.8. The fraction of sp³-hybridized carbons (Fsp3) is 0.130. The van der Waals surface area contributed by atoms with Crippen LogP contribution in [0.15, 0.2) is 59.1 Å². The van der Waals surface area contributed by atoms with Crippen molar-refractivity contribution in [3.8, 4) is 17.6 Å². The van der Waals surface area contributed by atoms with E-state index in [-0.39, 0.29) is 0 Å². The van der Waals surface area contributed by atoms with Gasteiger partial charge in [0.1, 0.15) is 0 Å². The number of rotatable bonds is 7. The molecular formula is C23H18BrNO4. The average Bonchev–Trinajstić information content (AvgIpc) is 2.72. The summed E-state index contributed by atoms with van der Waals surface area (Å²) in [7, 11) is 0. The number of carboxylic acids is 1. The molecule has 0 bridgehead atoms. The van der Waals surface area contributed by atoms with Crippen molar-refractivity contribution in [1.82, 2.24) is 0 Å². The Hall–Kier alpha value is -3.30. The second-order valence-electron chi connectivity index (χ2n) is 6.17. The molecule has 0 aromatic heterocycles. The highest BCUT2D eigenvalue weighted by molar-refractivity contribution is 9.10. The lowest BCUT2D eigenvalue weighted by Crippen LogP contribution is -2.10. The average molecular weight is 452 g/mol. The van der Waals surface area contributed by atoms with Gasteiger partial charge in [0.05, 0.1) is 18.2 Å². The van der Waals surface area contributed by atoms with Crippen molar-refractivity contribution in [1.29, 1.82) is 5.26 Å². The van der Waals surface area contributed by atoms with Crippen molar-refractivity contribution in [2.45, 2.75) is 6.92 Å². The predicted octanol–water partition coefficient (Wildman–Crippen LogP) is 5.53. The van der Waals surface area contributed by atoms with Crippen LogP contribution in [0.4, 0.5) is 0 Å². The molecule has 0 unspecified atom stereocenters. The van der Waals surface area contributed by atoms with Gasteiger partial charge >= 0.3 is 5.97 Å². The van der Waals surface area contributed by atoms with Gasteiger partial charge < -0.3 is 14.6 Å². The maximum absolute atomic E-state index is 10.8. The first-order valence-electron chi connectivity index (χ1n) is 8.93. The first-order chi connectivity index (χ1) is 14.0. The zero-order valence-corrected chi connectivity index (χ0v) is 17.3. The molecule has 0 heterocycles. The Morgan fingerprint density at radius 2 is 1.83 bits per heavy atom. The van der Waals surface area contributed by atoms with E-state index in [2.05, 4.69) is 22.0 Å². The fourth-order valence-electron chi connectivity index (χ4n) is 2.87. The topological polar surface area (TPSA) is 79.5 Å². The molecule has 0 saturated carbocycles. The summed E-state index contributed by atoms with van der Waals surface area (Å²) in [4.78, 5) is 10.8. The Kier molecular flexibility index (Phi) is 6.53. The van der Waals surface area contributed by atoms with Gasteiger partial charge in [-0.2, -0.15) is 5.26 Å². The quantitative estimate of drug-likeness (QED) is 0.377. The number of nitriles is 1. The summed E-state index contributed by atoms with van der Waals surface area (Å²) < 4.78 is 11.6. The van der Waals surface area contributed by atoms with Crippen LogP contribution < -0.4 is 9.47 Å². The first kappa shape index (κ1) is 20.4. The standard InChI is InChI=1S/C23H18BrNO4/c1-2-28-21-11-18(20(24)12-22(21)29-14-23(26)27)10-19(13-25)17-8-7-15-5-3-4-6-16(15)9-17/h3-12H,2,14H2,1H3,(H,26,27)/b19-10-. The summed E-state index contributed by atoms with van der Waals surface area (Å²) in [6.07, 6.45) is 1.76. The van der Waals surface area contributed by atoms with Gasteiger partial charge in [-0.25, -0.2) is 4.79 Å². The number of hydrogen-bond donors (Lipinski definition) is 1. The van der Waals surface area contributed by atoms with Gasteiger partial charge in [-0.1, -0.05) is 52.3 Å². The molecule has 0 saturated heterocycles.